The third-order valence-corrected chi connectivity index (χ3v) is 4.31. The van der Waals surface area contributed by atoms with Crippen LogP contribution in [0.25, 0.3) is 6.08 Å². The summed E-state index contributed by atoms with van der Waals surface area (Å²) in [5.74, 6) is -0.490. The lowest BCUT2D eigenvalue weighted by Gasteiger charge is -2.06. The molecule has 0 atom stereocenters. The summed E-state index contributed by atoms with van der Waals surface area (Å²) in [5.41, 5.74) is 2.00. The Morgan fingerprint density at radius 2 is 2.00 bits per heavy atom. The summed E-state index contributed by atoms with van der Waals surface area (Å²) in [6.45, 7) is 1.95. The number of phenolic OH excluding ortho intramolecular Hbond substituents is 1. The zero-order chi connectivity index (χ0) is 17.0. The lowest BCUT2D eigenvalue weighted by molar-refractivity contribution is -0.112. The molecule has 0 unspecified atom stereocenters. The van der Waals surface area contributed by atoms with Crippen LogP contribution in [-0.2, 0) is 4.79 Å². The fourth-order valence-corrected chi connectivity index (χ4v) is 3.39. The Kier molecular flexibility index (Phi) is 5.80. The average molecular weight is 483 g/mol. The van der Waals surface area contributed by atoms with Crippen molar-refractivity contribution in [2.24, 2.45) is 0 Å². The van der Waals surface area contributed by atoms with Gasteiger partial charge >= 0.3 is 0 Å². The Labute approximate surface area is 156 Å². The maximum Gasteiger partial charge on any atom is 0.266 e. The number of amides is 1. The number of hydrogen-bond donors (Lipinski definition) is 2. The molecule has 0 aliphatic rings. The number of nitrogens with zero attached hydrogens (tertiary/aromatic N) is 1. The molecule has 0 saturated carbocycles. The van der Waals surface area contributed by atoms with Crippen molar-refractivity contribution in [3.8, 4) is 11.8 Å². The second-order valence-corrected chi connectivity index (χ2v) is 6.89. The second-order valence-electron chi connectivity index (χ2n) is 4.82. The number of rotatable bonds is 3. The zero-order valence-electron chi connectivity index (χ0n) is 12.1. The Balaban J connectivity index is 2.30. The summed E-state index contributed by atoms with van der Waals surface area (Å²) in [4.78, 5) is 12.2. The molecule has 0 spiro atoms. The van der Waals surface area contributed by atoms with Crippen LogP contribution in [0.1, 0.15) is 11.1 Å². The highest BCUT2D eigenvalue weighted by Crippen LogP contribution is 2.30. The molecule has 2 aromatic rings. The minimum Gasteiger partial charge on any atom is -0.506 e. The first-order valence-corrected chi connectivity index (χ1v) is 8.45. The molecular weight excluding hydrogens is 471 g/mol. The van der Waals surface area contributed by atoms with E-state index in [9.17, 15) is 15.2 Å². The van der Waals surface area contributed by atoms with E-state index >= 15 is 0 Å². The van der Waals surface area contributed by atoms with E-state index in [0.717, 1.165) is 10.0 Å². The molecule has 4 nitrogen and oxygen atoms in total. The van der Waals surface area contributed by atoms with Gasteiger partial charge in [-0.05, 0) is 59.9 Å². The Bertz CT molecular complexity index is 824. The third-order valence-electron chi connectivity index (χ3n) is 3.03. The first-order chi connectivity index (χ1) is 10.9. The van der Waals surface area contributed by atoms with E-state index in [2.05, 4.69) is 21.2 Å². The highest BCUT2D eigenvalue weighted by Gasteiger charge is 2.12. The van der Waals surface area contributed by atoms with E-state index in [1.807, 2.05) is 47.7 Å². The van der Waals surface area contributed by atoms with Crippen LogP contribution < -0.4 is 5.32 Å². The van der Waals surface area contributed by atoms with Crippen LogP contribution in [0, 0.1) is 21.8 Å². The molecule has 0 heterocycles. The summed E-state index contributed by atoms with van der Waals surface area (Å²) in [5, 5.41) is 22.0. The normalized spacial score (nSPS) is 11.0. The van der Waals surface area contributed by atoms with Gasteiger partial charge in [0.25, 0.3) is 5.91 Å². The maximum absolute atomic E-state index is 12.2. The molecule has 2 rings (SSSR count). The topological polar surface area (TPSA) is 73.1 Å². The van der Waals surface area contributed by atoms with E-state index in [4.69, 9.17) is 0 Å². The number of hydrogen-bond acceptors (Lipinski definition) is 3. The van der Waals surface area contributed by atoms with Gasteiger partial charge in [-0.3, -0.25) is 4.79 Å². The van der Waals surface area contributed by atoms with Crippen molar-refractivity contribution in [1.82, 2.24) is 0 Å². The van der Waals surface area contributed by atoms with Crippen molar-refractivity contribution in [3.05, 3.63) is 61.1 Å². The van der Waals surface area contributed by atoms with Gasteiger partial charge in [-0.2, -0.15) is 5.26 Å². The number of nitrogens with one attached hydrogen (secondary N) is 1. The van der Waals surface area contributed by atoms with Crippen molar-refractivity contribution in [3.63, 3.8) is 0 Å². The minimum absolute atomic E-state index is 0.0321. The molecule has 2 N–H and O–H groups in total. The number of carbonyl (C=O) groups is 1. The van der Waals surface area contributed by atoms with E-state index in [-0.39, 0.29) is 11.3 Å². The smallest absolute Gasteiger partial charge is 0.266 e. The lowest BCUT2D eigenvalue weighted by Crippen LogP contribution is -2.13. The standard InChI is InChI=1S/C17H12BrIN2O2/c1-10-2-4-14(5-3-10)21-17(23)12(9-20)6-11-7-13(18)8-15(19)16(11)22/h2-8,22H,1H3,(H,21,23)/b12-6+. The van der Waals surface area contributed by atoms with Crippen molar-refractivity contribution < 1.29 is 9.90 Å². The molecule has 116 valence electrons. The molecular formula is C17H12BrIN2O2. The van der Waals surface area contributed by atoms with Crippen LogP contribution in [0.4, 0.5) is 5.69 Å². The number of phenols is 1. The molecule has 0 radical (unpaired) electrons. The highest BCUT2D eigenvalue weighted by atomic mass is 127. The molecule has 0 fully saturated rings. The number of anilines is 1. The number of halogens is 2. The quantitative estimate of drug-likeness (QED) is 0.381. The van der Waals surface area contributed by atoms with E-state index in [0.29, 0.717) is 14.8 Å². The van der Waals surface area contributed by atoms with E-state index < -0.39 is 5.91 Å². The fourth-order valence-electron chi connectivity index (χ4n) is 1.84. The van der Waals surface area contributed by atoms with Gasteiger partial charge in [0.1, 0.15) is 17.4 Å². The second kappa shape index (κ2) is 7.62. The SMILES string of the molecule is Cc1ccc(NC(=O)/C(C#N)=C/c2cc(Br)cc(I)c2O)cc1. The van der Waals surface area contributed by atoms with Crippen LogP contribution >= 0.6 is 38.5 Å². The Morgan fingerprint density at radius 1 is 1.35 bits per heavy atom. The molecule has 0 aliphatic heterocycles. The molecule has 23 heavy (non-hydrogen) atoms. The Hall–Kier alpha value is -1.85. The zero-order valence-corrected chi connectivity index (χ0v) is 15.8. The molecule has 0 bridgehead atoms. The summed E-state index contributed by atoms with van der Waals surface area (Å²) < 4.78 is 1.38. The van der Waals surface area contributed by atoms with Gasteiger partial charge < -0.3 is 10.4 Å². The van der Waals surface area contributed by atoms with Gasteiger partial charge in [-0.15, -0.1) is 0 Å². The third kappa shape index (κ3) is 4.56. The van der Waals surface area contributed by atoms with Gasteiger partial charge in [-0.25, -0.2) is 0 Å². The minimum atomic E-state index is -0.522. The summed E-state index contributed by atoms with van der Waals surface area (Å²) in [7, 11) is 0. The highest BCUT2D eigenvalue weighted by molar-refractivity contribution is 14.1. The average Bonchev–Trinajstić information content (AvgIpc) is 2.51. The van der Waals surface area contributed by atoms with Gasteiger partial charge in [0.2, 0.25) is 0 Å². The molecule has 0 aromatic heterocycles. The predicted octanol–water partition coefficient (Wildman–Crippen LogP) is 4.61. The molecule has 0 saturated heterocycles. The lowest BCUT2D eigenvalue weighted by atomic mass is 10.1. The van der Waals surface area contributed by atoms with Crippen LogP contribution in [0.3, 0.4) is 0 Å². The Morgan fingerprint density at radius 3 is 2.61 bits per heavy atom. The summed E-state index contributed by atoms with van der Waals surface area (Å²) >= 11 is 5.31. The number of carbonyl (C=O) groups excluding carboxylic acids is 1. The first kappa shape index (κ1) is 17.5. The van der Waals surface area contributed by atoms with Crippen molar-refractivity contribution in [2.45, 2.75) is 6.92 Å². The van der Waals surface area contributed by atoms with E-state index in [1.165, 1.54) is 6.08 Å². The van der Waals surface area contributed by atoms with Crippen molar-refractivity contribution in [1.29, 1.82) is 5.26 Å². The van der Waals surface area contributed by atoms with Crippen molar-refractivity contribution in [2.75, 3.05) is 5.32 Å². The number of aromatic hydroxyl groups is 1. The predicted molar refractivity (Wildman–Crippen MR) is 102 cm³/mol. The van der Waals surface area contributed by atoms with Gasteiger partial charge in [-0.1, -0.05) is 33.6 Å². The summed E-state index contributed by atoms with van der Waals surface area (Å²) in [6, 6.07) is 12.5. The van der Waals surface area contributed by atoms with Gasteiger partial charge in [0.15, 0.2) is 0 Å². The van der Waals surface area contributed by atoms with Gasteiger partial charge in [0, 0.05) is 15.7 Å². The van der Waals surface area contributed by atoms with E-state index in [1.54, 1.807) is 24.3 Å². The molecule has 0 aliphatic carbocycles. The van der Waals surface area contributed by atoms with Gasteiger partial charge in [0.05, 0.1) is 3.57 Å². The number of aryl methyl sites for hydroxylation is 1. The van der Waals surface area contributed by atoms with Crippen LogP contribution in [0.5, 0.6) is 5.75 Å². The molecule has 1 amide bonds. The monoisotopic (exact) mass is 482 g/mol. The van der Waals surface area contributed by atoms with Crippen LogP contribution in [-0.4, -0.2) is 11.0 Å². The summed E-state index contributed by atoms with van der Waals surface area (Å²) in [6.07, 6.45) is 1.37. The van der Waals surface area contributed by atoms with Crippen molar-refractivity contribution >= 4 is 56.2 Å². The van der Waals surface area contributed by atoms with Crippen LogP contribution in [0.15, 0.2) is 46.4 Å². The molecule has 2 aromatic carbocycles. The largest absolute Gasteiger partial charge is 0.506 e. The fraction of sp³-hybridized carbons (Fsp3) is 0.0588. The number of nitriles is 1. The maximum atomic E-state index is 12.2. The molecule has 6 heteroatoms. The first-order valence-electron chi connectivity index (χ1n) is 6.58. The number of benzene rings is 2. The van der Waals surface area contributed by atoms with Crippen LogP contribution in [0.2, 0.25) is 0 Å².